The summed E-state index contributed by atoms with van der Waals surface area (Å²) in [5.41, 5.74) is 6.52. The van der Waals surface area contributed by atoms with Gasteiger partial charge in [0.25, 0.3) is 0 Å². The Balaban J connectivity index is 2.17. The van der Waals surface area contributed by atoms with Crippen LogP contribution >= 0.6 is 0 Å². The van der Waals surface area contributed by atoms with Crippen LogP contribution in [0.25, 0.3) is 0 Å². The number of esters is 1. The number of carbonyl (C=O) groups excluding carboxylic acids is 1. The first-order valence-corrected chi connectivity index (χ1v) is 4.75. The van der Waals surface area contributed by atoms with Gasteiger partial charge in [-0.25, -0.2) is 4.79 Å². The smallest absolute Gasteiger partial charge is 0.361 e. The third-order valence-electron chi connectivity index (χ3n) is 2.11. The Bertz CT molecular complexity index is 519. The van der Waals surface area contributed by atoms with Crippen LogP contribution in [-0.2, 0) is 0 Å². The summed E-state index contributed by atoms with van der Waals surface area (Å²) >= 11 is 0. The number of nitrogens with zero attached hydrogens (tertiary/aromatic N) is 1. The Labute approximate surface area is 92.2 Å². The second-order valence-corrected chi connectivity index (χ2v) is 3.36. The van der Waals surface area contributed by atoms with Crippen LogP contribution in [0.5, 0.6) is 5.75 Å². The molecule has 0 bridgehead atoms. The van der Waals surface area contributed by atoms with Crippen molar-refractivity contribution in [2.45, 2.75) is 6.92 Å². The molecule has 1 aromatic heterocycles. The molecule has 82 valence electrons. The summed E-state index contributed by atoms with van der Waals surface area (Å²) in [4.78, 5) is 11.6. The number of hydrogen-bond donors (Lipinski definition) is 2. The highest BCUT2D eigenvalue weighted by molar-refractivity contribution is 5.89. The Morgan fingerprint density at radius 2 is 2.19 bits per heavy atom. The molecule has 5 heteroatoms. The fourth-order valence-electron chi connectivity index (χ4n) is 1.27. The van der Waals surface area contributed by atoms with Gasteiger partial charge in [-0.15, -0.1) is 0 Å². The van der Waals surface area contributed by atoms with Gasteiger partial charge < -0.3 is 10.5 Å². The van der Waals surface area contributed by atoms with E-state index in [2.05, 4.69) is 10.2 Å². The van der Waals surface area contributed by atoms with Crippen LogP contribution in [0.2, 0.25) is 0 Å². The topological polar surface area (TPSA) is 81.0 Å². The highest BCUT2D eigenvalue weighted by Crippen LogP contribution is 2.17. The Hall–Kier alpha value is -2.30. The third-order valence-corrected chi connectivity index (χ3v) is 2.11. The molecule has 0 aliphatic rings. The second-order valence-electron chi connectivity index (χ2n) is 3.36. The Morgan fingerprint density at radius 3 is 2.81 bits per heavy atom. The van der Waals surface area contributed by atoms with E-state index in [-0.39, 0.29) is 11.5 Å². The van der Waals surface area contributed by atoms with Gasteiger partial charge in [-0.05, 0) is 18.6 Å². The molecule has 0 aliphatic carbocycles. The molecule has 0 unspecified atom stereocenters. The lowest BCUT2D eigenvalue weighted by atomic mass is 10.2. The SMILES string of the molecule is Cc1ccccc1OC(=O)c1cc(N)n[nH]1. The lowest BCUT2D eigenvalue weighted by molar-refractivity contribution is 0.0727. The number of anilines is 1. The number of nitrogen functional groups attached to an aromatic ring is 1. The average Bonchev–Trinajstić information content (AvgIpc) is 2.68. The van der Waals surface area contributed by atoms with E-state index in [0.717, 1.165) is 5.56 Å². The highest BCUT2D eigenvalue weighted by Gasteiger charge is 2.12. The van der Waals surface area contributed by atoms with E-state index >= 15 is 0 Å². The number of H-pyrrole nitrogens is 1. The largest absolute Gasteiger partial charge is 0.422 e. The molecule has 2 rings (SSSR count). The number of nitrogens with one attached hydrogen (secondary N) is 1. The molecule has 0 aliphatic heterocycles. The zero-order valence-electron chi connectivity index (χ0n) is 8.73. The number of aryl methyl sites for hydroxylation is 1. The van der Waals surface area contributed by atoms with E-state index in [1.807, 2.05) is 19.1 Å². The maximum Gasteiger partial charge on any atom is 0.361 e. The molecule has 1 aromatic carbocycles. The van der Waals surface area contributed by atoms with Gasteiger partial charge in [0.1, 0.15) is 17.3 Å². The summed E-state index contributed by atoms with van der Waals surface area (Å²) in [5, 5.41) is 6.15. The minimum absolute atomic E-state index is 0.237. The molecular formula is C11H11N3O2. The lowest BCUT2D eigenvalue weighted by Gasteiger charge is -2.04. The van der Waals surface area contributed by atoms with Crippen molar-refractivity contribution in [1.29, 1.82) is 0 Å². The van der Waals surface area contributed by atoms with Crippen molar-refractivity contribution in [2.75, 3.05) is 5.73 Å². The van der Waals surface area contributed by atoms with Gasteiger partial charge >= 0.3 is 5.97 Å². The van der Waals surface area contributed by atoms with Gasteiger partial charge in [0, 0.05) is 6.07 Å². The number of para-hydroxylation sites is 1. The number of aromatic nitrogens is 2. The summed E-state index contributed by atoms with van der Waals surface area (Å²) in [6.07, 6.45) is 0. The zero-order chi connectivity index (χ0) is 11.5. The van der Waals surface area contributed by atoms with E-state index < -0.39 is 5.97 Å². The molecule has 0 saturated carbocycles. The normalized spacial score (nSPS) is 10.1. The van der Waals surface area contributed by atoms with Gasteiger partial charge in [0.05, 0.1) is 0 Å². The molecule has 1 heterocycles. The van der Waals surface area contributed by atoms with Gasteiger partial charge in [-0.1, -0.05) is 18.2 Å². The fraction of sp³-hybridized carbons (Fsp3) is 0.0909. The van der Waals surface area contributed by atoms with Crippen LogP contribution in [0.15, 0.2) is 30.3 Å². The van der Waals surface area contributed by atoms with Crippen molar-refractivity contribution in [1.82, 2.24) is 10.2 Å². The number of hydrogen-bond acceptors (Lipinski definition) is 4. The van der Waals surface area contributed by atoms with Crippen molar-refractivity contribution in [2.24, 2.45) is 0 Å². The molecule has 3 N–H and O–H groups in total. The predicted molar refractivity (Wildman–Crippen MR) is 59.1 cm³/mol. The minimum atomic E-state index is -0.501. The van der Waals surface area contributed by atoms with Crippen LogP contribution in [0.4, 0.5) is 5.82 Å². The molecule has 2 aromatic rings. The van der Waals surface area contributed by atoms with E-state index in [1.54, 1.807) is 12.1 Å². The highest BCUT2D eigenvalue weighted by atomic mass is 16.5. The van der Waals surface area contributed by atoms with Crippen LogP contribution < -0.4 is 10.5 Å². The molecule has 0 amide bonds. The van der Waals surface area contributed by atoms with Gasteiger partial charge in [-0.2, -0.15) is 5.10 Å². The summed E-state index contributed by atoms with van der Waals surface area (Å²) in [6.45, 7) is 1.87. The summed E-state index contributed by atoms with van der Waals surface area (Å²) < 4.78 is 5.18. The van der Waals surface area contributed by atoms with Crippen LogP contribution in [0, 0.1) is 6.92 Å². The summed E-state index contributed by atoms with van der Waals surface area (Å²) in [5.74, 6) is 0.288. The van der Waals surface area contributed by atoms with Crippen LogP contribution in [0.3, 0.4) is 0 Å². The van der Waals surface area contributed by atoms with E-state index in [0.29, 0.717) is 5.75 Å². The molecular weight excluding hydrogens is 206 g/mol. The third kappa shape index (κ3) is 2.03. The van der Waals surface area contributed by atoms with Crippen molar-refractivity contribution >= 4 is 11.8 Å². The molecule has 0 fully saturated rings. The van der Waals surface area contributed by atoms with Crippen LogP contribution in [-0.4, -0.2) is 16.2 Å². The number of rotatable bonds is 2. The van der Waals surface area contributed by atoms with Gasteiger partial charge in [0.15, 0.2) is 0 Å². The van der Waals surface area contributed by atoms with E-state index in [4.69, 9.17) is 10.5 Å². The van der Waals surface area contributed by atoms with E-state index in [9.17, 15) is 4.79 Å². The average molecular weight is 217 g/mol. The van der Waals surface area contributed by atoms with Crippen molar-refractivity contribution in [3.05, 3.63) is 41.6 Å². The second kappa shape index (κ2) is 4.06. The standard InChI is InChI=1S/C11H11N3O2/c1-7-4-2-3-5-9(7)16-11(15)8-6-10(12)14-13-8/h2-6H,1H3,(H3,12,13,14). The van der Waals surface area contributed by atoms with Crippen molar-refractivity contribution < 1.29 is 9.53 Å². The molecule has 0 saturated heterocycles. The first kappa shape index (κ1) is 10.2. The molecule has 5 nitrogen and oxygen atoms in total. The predicted octanol–water partition coefficient (Wildman–Crippen LogP) is 1.52. The number of nitrogens with two attached hydrogens (primary N) is 1. The van der Waals surface area contributed by atoms with Gasteiger partial charge in [-0.3, -0.25) is 5.10 Å². The summed E-state index contributed by atoms with van der Waals surface area (Å²) in [7, 11) is 0. The number of ether oxygens (including phenoxy) is 1. The van der Waals surface area contributed by atoms with Crippen molar-refractivity contribution in [3.63, 3.8) is 0 Å². The first-order chi connectivity index (χ1) is 7.66. The number of benzene rings is 1. The van der Waals surface area contributed by atoms with Crippen molar-refractivity contribution in [3.8, 4) is 5.75 Å². The van der Waals surface area contributed by atoms with Crippen LogP contribution in [0.1, 0.15) is 16.1 Å². The quantitative estimate of drug-likeness (QED) is 0.590. The Morgan fingerprint density at radius 1 is 1.44 bits per heavy atom. The van der Waals surface area contributed by atoms with E-state index in [1.165, 1.54) is 6.07 Å². The molecule has 0 atom stereocenters. The number of aromatic amines is 1. The summed E-state index contributed by atoms with van der Waals surface area (Å²) in [6, 6.07) is 8.70. The zero-order valence-corrected chi connectivity index (χ0v) is 8.73. The fourth-order valence-corrected chi connectivity index (χ4v) is 1.27. The number of carbonyl (C=O) groups is 1. The molecule has 0 spiro atoms. The van der Waals surface area contributed by atoms with Gasteiger partial charge in [0.2, 0.25) is 0 Å². The Kier molecular flexibility index (Phi) is 2.59. The lowest BCUT2D eigenvalue weighted by Crippen LogP contribution is -2.09. The minimum Gasteiger partial charge on any atom is -0.422 e. The first-order valence-electron chi connectivity index (χ1n) is 4.75. The monoisotopic (exact) mass is 217 g/mol. The molecule has 0 radical (unpaired) electrons. The maximum atomic E-state index is 11.6. The maximum absolute atomic E-state index is 11.6. The molecule has 16 heavy (non-hydrogen) atoms.